The molecule has 0 saturated heterocycles. The third-order valence-electron chi connectivity index (χ3n) is 3.40. The summed E-state index contributed by atoms with van der Waals surface area (Å²) in [4.78, 5) is 11.6. The van der Waals surface area contributed by atoms with Gasteiger partial charge in [-0.3, -0.25) is 0 Å². The van der Waals surface area contributed by atoms with E-state index in [1.807, 2.05) is 20.8 Å². The van der Waals surface area contributed by atoms with Gasteiger partial charge < -0.3 is 15.8 Å². The molecule has 0 radical (unpaired) electrons. The van der Waals surface area contributed by atoms with Crippen molar-refractivity contribution in [3.63, 3.8) is 0 Å². The minimum absolute atomic E-state index is 0.0421. The van der Waals surface area contributed by atoms with Crippen molar-refractivity contribution in [2.24, 2.45) is 11.7 Å². The first-order valence-electron chi connectivity index (χ1n) is 7.10. The Morgan fingerprint density at radius 2 is 2.00 bits per heavy atom. The van der Waals surface area contributed by atoms with Gasteiger partial charge in [-0.1, -0.05) is 25.7 Å². The number of nitrogens with two attached hydrogens (primary N) is 1. The fraction of sp³-hybridized carbons (Fsp3) is 0.929. The van der Waals surface area contributed by atoms with Crippen molar-refractivity contribution in [1.82, 2.24) is 5.32 Å². The number of amides is 1. The molecule has 3 N–H and O–H groups in total. The van der Waals surface area contributed by atoms with Gasteiger partial charge in [-0.05, 0) is 39.5 Å². The maximum absolute atomic E-state index is 11.6. The monoisotopic (exact) mass is 256 g/mol. The van der Waals surface area contributed by atoms with Crippen LogP contribution in [0.3, 0.4) is 0 Å². The number of nitrogens with one attached hydrogen (secondary N) is 1. The zero-order valence-corrected chi connectivity index (χ0v) is 12.0. The van der Waals surface area contributed by atoms with Gasteiger partial charge in [0.2, 0.25) is 0 Å². The average molecular weight is 256 g/mol. The highest BCUT2D eigenvalue weighted by molar-refractivity contribution is 5.68. The minimum Gasteiger partial charge on any atom is -0.444 e. The van der Waals surface area contributed by atoms with E-state index >= 15 is 0 Å². The predicted molar refractivity (Wildman–Crippen MR) is 73.4 cm³/mol. The van der Waals surface area contributed by atoms with Crippen molar-refractivity contribution in [1.29, 1.82) is 0 Å². The van der Waals surface area contributed by atoms with Gasteiger partial charge in [0.25, 0.3) is 0 Å². The molecule has 4 nitrogen and oxygen atoms in total. The minimum atomic E-state index is -0.450. The van der Waals surface area contributed by atoms with E-state index in [-0.39, 0.29) is 12.1 Å². The number of hydrogen-bond donors (Lipinski definition) is 2. The molecule has 106 valence electrons. The maximum atomic E-state index is 11.6. The zero-order valence-electron chi connectivity index (χ0n) is 12.0. The highest BCUT2D eigenvalue weighted by Crippen LogP contribution is 2.28. The summed E-state index contributed by atoms with van der Waals surface area (Å²) in [6.07, 6.45) is 7.16. The highest BCUT2D eigenvalue weighted by atomic mass is 16.6. The summed E-state index contributed by atoms with van der Waals surface area (Å²) in [6.45, 7) is 6.07. The van der Waals surface area contributed by atoms with Crippen LogP contribution in [0, 0.1) is 5.92 Å². The molecule has 4 heteroatoms. The van der Waals surface area contributed by atoms with Gasteiger partial charge in [0.05, 0.1) is 0 Å². The van der Waals surface area contributed by atoms with Gasteiger partial charge in [0, 0.05) is 12.6 Å². The van der Waals surface area contributed by atoms with E-state index in [9.17, 15) is 4.79 Å². The van der Waals surface area contributed by atoms with Crippen LogP contribution >= 0.6 is 0 Å². The first-order chi connectivity index (χ1) is 8.40. The summed E-state index contributed by atoms with van der Waals surface area (Å²) in [5, 5.41) is 2.86. The number of carbonyl (C=O) groups is 1. The second-order valence-corrected chi connectivity index (χ2v) is 6.31. The Bertz CT molecular complexity index is 255. The normalized spacial score (nSPS) is 18.7. The van der Waals surface area contributed by atoms with Gasteiger partial charge in [-0.25, -0.2) is 4.79 Å². The lowest BCUT2D eigenvalue weighted by Gasteiger charge is -2.23. The first-order valence-corrected chi connectivity index (χ1v) is 7.10. The molecule has 0 heterocycles. The fourth-order valence-corrected chi connectivity index (χ4v) is 2.46. The Morgan fingerprint density at radius 1 is 1.39 bits per heavy atom. The molecule has 1 saturated carbocycles. The Morgan fingerprint density at radius 3 is 2.50 bits per heavy atom. The van der Waals surface area contributed by atoms with Crippen molar-refractivity contribution in [2.45, 2.75) is 70.9 Å². The van der Waals surface area contributed by atoms with Crippen LogP contribution in [0.4, 0.5) is 4.79 Å². The summed E-state index contributed by atoms with van der Waals surface area (Å²) >= 11 is 0. The Labute approximate surface area is 111 Å². The van der Waals surface area contributed by atoms with Crippen molar-refractivity contribution < 1.29 is 9.53 Å². The molecule has 1 aliphatic carbocycles. The molecule has 18 heavy (non-hydrogen) atoms. The van der Waals surface area contributed by atoms with E-state index < -0.39 is 5.60 Å². The van der Waals surface area contributed by atoms with E-state index in [0.717, 1.165) is 18.8 Å². The molecule has 0 spiro atoms. The summed E-state index contributed by atoms with van der Waals surface area (Å²) in [7, 11) is 0. The molecule has 1 rings (SSSR count). The molecule has 1 aliphatic rings. The number of hydrogen-bond acceptors (Lipinski definition) is 3. The Kier molecular flexibility index (Phi) is 5.93. The summed E-state index contributed by atoms with van der Waals surface area (Å²) in [5.74, 6) is 0.833. The summed E-state index contributed by atoms with van der Waals surface area (Å²) < 4.78 is 5.24. The number of carbonyl (C=O) groups excluding carboxylic acids is 1. The number of rotatable bonds is 5. The Hall–Kier alpha value is -0.770. The zero-order chi connectivity index (χ0) is 13.6. The molecule has 0 bridgehead atoms. The van der Waals surface area contributed by atoms with Gasteiger partial charge in [0.1, 0.15) is 5.60 Å². The molecule has 1 amide bonds. The smallest absolute Gasteiger partial charge is 0.407 e. The van der Waals surface area contributed by atoms with Crippen LogP contribution in [0.1, 0.15) is 59.3 Å². The second-order valence-electron chi connectivity index (χ2n) is 6.31. The number of ether oxygens (including phenoxy) is 1. The van der Waals surface area contributed by atoms with Crippen LogP contribution in [-0.2, 0) is 4.74 Å². The van der Waals surface area contributed by atoms with Gasteiger partial charge in [0.15, 0.2) is 0 Å². The van der Waals surface area contributed by atoms with Crippen molar-refractivity contribution in [2.75, 3.05) is 6.54 Å². The Balaban J connectivity index is 2.25. The van der Waals surface area contributed by atoms with Gasteiger partial charge >= 0.3 is 6.09 Å². The molecule has 1 fully saturated rings. The molecule has 0 aromatic heterocycles. The van der Waals surface area contributed by atoms with Crippen LogP contribution in [0.15, 0.2) is 0 Å². The number of alkyl carbamates (subject to hydrolysis) is 1. The molecule has 1 unspecified atom stereocenters. The molecular weight excluding hydrogens is 228 g/mol. The molecule has 1 atom stereocenters. The third kappa shape index (κ3) is 6.24. The lowest BCUT2D eigenvalue weighted by Crippen LogP contribution is -2.43. The highest BCUT2D eigenvalue weighted by Gasteiger charge is 2.20. The van der Waals surface area contributed by atoms with Gasteiger partial charge in [-0.2, -0.15) is 0 Å². The lowest BCUT2D eigenvalue weighted by molar-refractivity contribution is 0.0502. The first kappa shape index (κ1) is 15.3. The predicted octanol–water partition coefficient (Wildman–Crippen LogP) is 2.81. The fourth-order valence-electron chi connectivity index (χ4n) is 2.46. The SMILES string of the molecule is CC(C)(C)OC(=O)NC(CN)CCC1CCCC1. The second kappa shape index (κ2) is 6.98. The van der Waals surface area contributed by atoms with Crippen molar-refractivity contribution in [3.05, 3.63) is 0 Å². The summed E-state index contributed by atoms with van der Waals surface area (Å²) in [5.41, 5.74) is 5.25. The van der Waals surface area contributed by atoms with Crippen LogP contribution < -0.4 is 11.1 Å². The summed E-state index contributed by atoms with van der Waals surface area (Å²) in [6, 6.07) is 0.0421. The van der Waals surface area contributed by atoms with Crippen LogP contribution in [-0.4, -0.2) is 24.3 Å². The topological polar surface area (TPSA) is 64.3 Å². The molecule has 0 aromatic carbocycles. The average Bonchev–Trinajstić information content (AvgIpc) is 2.74. The van der Waals surface area contributed by atoms with Crippen LogP contribution in [0.5, 0.6) is 0 Å². The van der Waals surface area contributed by atoms with E-state index in [4.69, 9.17) is 10.5 Å². The van der Waals surface area contributed by atoms with Crippen molar-refractivity contribution in [3.8, 4) is 0 Å². The quantitative estimate of drug-likeness (QED) is 0.795. The van der Waals surface area contributed by atoms with E-state index in [0.29, 0.717) is 6.54 Å². The van der Waals surface area contributed by atoms with E-state index in [2.05, 4.69) is 5.32 Å². The van der Waals surface area contributed by atoms with Crippen LogP contribution in [0.25, 0.3) is 0 Å². The largest absolute Gasteiger partial charge is 0.444 e. The molecular formula is C14H28N2O2. The van der Waals surface area contributed by atoms with Gasteiger partial charge in [-0.15, -0.1) is 0 Å². The van der Waals surface area contributed by atoms with E-state index in [1.165, 1.54) is 25.7 Å². The van der Waals surface area contributed by atoms with E-state index in [1.54, 1.807) is 0 Å². The molecule has 0 aliphatic heterocycles. The lowest BCUT2D eigenvalue weighted by atomic mass is 9.98. The molecule has 0 aromatic rings. The van der Waals surface area contributed by atoms with Crippen molar-refractivity contribution >= 4 is 6.09 Å². The standard InChI is InChI=1S/C14H28N2O2/c1-14(2,3)18-13(17)16-12(10-15)9-8-11-6-4-5-7-11/h11-12H,4-10,15H2,1-3H3,(H,16,17). The maximum Gasteiger partial charge on any atom is 0.407 e. The van der Waals surface area contributed by atoms with Crippen LogP contribution in [0.2, 0.25) is 0 Å². The third-order valence-corrected chi connectivity index (χ3v) is 3.40.